The Hall–Kier alpha value is -2.19. The lowest BCUT2D eigenvalue weighted by molar-refractivity contribution is -0.135. The average Bonchev–Trinajstić information content (AvgIpc) is 2.62. The molecule has 0 aliphatic carbocycles. The molecule has 0 saturated carbocycles. The van der Waals surface area contributed by atoms with Gasteiger partial charge in [-0.15, -0.1) is 0 Å². The molecule has 1 heterocycles. The number of esters is 1. The second-order valence-corrected chi connectivity index (χ2v) is 6.29. The first kappa shape index (κ1) is 20.1. The van der Waals surface area contributed by atoms with Crippen molar-refractivity contribution in [3.8, 4) is 5.75 Å². The molecule has 4 nitrogen and oxygen atoms in total. The summed E-state index contributed by atoms with van der Waals surface area (Å²) in [5.74, 6) is -13.6. The predicted molar refractivity (Wildman–Crippen MR) is 80.7 cm³/mol. The number of piperidine rings is 1. The van der Waals surface area contributed by atoms with Gasteiger partial charge in [0.25, 0.3) is 0 Å². The first-order valence-corrected chi connectivity index (χ1v) is 8.22. The molecule has 0 unspecified atom stereocenters. The molecule has 0 N–H and O–H groups in total. The van der Waals surface area contributed by atoms with Crippen molar-refractivity contribution in [1.82, 2.24) is 4.90 Å². The van der Waals surface area contributed by atoms with Crippen molar-refractivity contribution in [2.75, 3.05) is 13.1 Å². The number of likely N-dealkylation sites (tertiary alicyclic amines) is 1. The standard InChI is InChI=1S/C17H18F5NO3/c1-9-5-7-23(8-6-9)10(24)3-2-4-11(25)26-17-15(21)13(19)12(18)14(20)16(17)22/h9H,2-8H2,1H3. The molecule has 144 valence electrons. The first-order chi connectivity index (χ1) is 12.2. The molecule has 26 heavy (non-hydrogen) atoms. The number of carbonyl (C=O) groups is 2. The summed E-state index contributed by atoms with van der Waals surface area (Å²) in [6.07, 6.45) is 1.47. The van der Waals surface area contributed by atoms with Crippen LogP contribution in [0.25, 0.3) is 0 Å². The van der Waals surface area contributed by atoms with E-state index in [0.29, 0.717) is 19.0 Å². The zero-order chi connectivity index (χ0) is 19.4. The van der Waals surface area contributed by atoms with Crippen molar-refractivity contribution in [2.24, 2.45) is 5.92 Å². The monoisotopic (exact) mass is 379 g/mol. The molecule has 0 radical (unpaired) electrons. The van der Waals surface area contributed by atoms with Crippen LogP contribution in [0.15, 0.2) is 0 Å². The molecule has 2 rings (SSSR count). The fraction of sp³-hybridized carbons (Fsp3) is 0.529. The van der Waals surface area contributed by atoms with E-state index in [2.05, 4.69) is 11.7 Å². The Bertz CT molecular complexity index is 673. The van der Waals surface area contributed by atoms with E-state index < -0.39 is 47.2 Å². The molecule has 0 aromatic heterocycles. The van der Waals surface area contributed by atoms with Gasteiger partial charge in [-0.25, -0.2) is 13.2 Å². The number of ether oxygens (including phenoxy) is 1. The number of amides is 1. The zero-order valence-corrected chi connectivity index (χ0v) is 14.1. The number of benzene rings is 1. The van der Waals surface area contributed by atoms with Gasteiger partial charge in [-0.2, -0.15) is 8.78 Å². The topological polar surface area (TPSA) is 46.6 Å². The van der Waals surface area contributed by atoms with Gasteiger partial charge in [0.2, 0.25) is 40.7 Å². The van der Waals surface area contributed by atoms with Crippen molar-refractivity contribution in [3.05, 3.63) is 29.1 Å². The van der Waals surface area contributed by atoms with E-state index in [-0.39, 0.29) is 18.7 Å². The Morgan fingerprint density at radius 2 is 1.42 bits per heavy atom. The van der Waals surface area contributed by atoms with Crippen LogP contribution in [-0.2, 0) is 9.59 Å². The van der Waals surface area contributed by atoms with Crippen LogP contribution in [0.2, 0.25) is 0 Å². The van der Waals surface area contributed by atoms with Crippen molar-refractivity contribution < 1.29 is 36.3 Å². The molecule has 1 aromatic rings. The minimum Gasteiger partial charge on any atom is -0.420 e. The molecule has 0 spiro atoms. The van der Waals surface area contributed by atoms with Crippen LogP contribution in [0.3, 0.4) is 0 Å². The lowest BCUT2D eigenvalue weighted by Gasteiger charge is -2.30. The number of hydrogen-bond acceptors (Lipinski definition) is 3. The third-order valence-corrected chi connectivity index (χ3v) is 4.29. The molecule has 1 aromatic carbocycles. The number of halogens is 5. The van der Waals surface area contributed by atoms with Crippen LogP contribution in [-0.4, -0.2) is 29.9 Å². The molecule has 1 aliphatic rings. The van der Waals surface area contributed by atoms with Gasteiger partial charge in [0, 0.05) is 25.9 Å². The number of rotatable bonds is 5. The van der Waals surface area contributed by atoms with Crippen LogP contribution >= 0.6 is 0 Å². The van der Waals surface area contributed by atoms with Crippen LogP contribution in [0.4, 0.5) is 22.0 Å². The molecular weight excluding hydrogens is 361 g/mol. The fourth-order valence-corrected chi connectivity index (χ4v) is 2.64. The van der Waals surface area contributed by atoms with E-state index in [9.17, 15) is 31.5 Å². The van der Waals surface area contributed by atoms with E-state index in [1.807, 2.05) is 0 Å². The van der Waals surface area contributed by atoms with E-state index in [0.717, 1.165) is 12.8 Å². The zero-order valence-electron chi connectivity index (χ0n) is 14.1. The van der Waals surface area contributed by atoms with Gasteiger partial charge >= 0.3 is 5.97 Å². The minimum absolute atomic E-state index is 0.0284. The highest BCUT2D eigenvalue weighted by atomic mass is 19.2. The summed E-state index contributed by atoms with van der Waals surface area (Å²) in [7, 11) is 0. The number of hydrogen-bond donors (Lipinski definition) is 0. The van der Waals surface area contributed by atoms with Gasteiger partial charge in [0.1, 0.15) is 0 Å². The Balaban J connectivity index is 1.87. The Morgan fingerprint density at radius 1 is 0.923 bits per heavy atom. The Kier molecular flexibility index (Phi) is 6.55. The van der Waals surface area contributed by atoms with Crippen molar-refractivity contribution in [2.45, 2.75) is 39.0 Å². The largest absolute Gasteiger partial charge is 0.420 e. The molecule has 9 heteroatoms. The highest BCUT2D eigenvalue weighted by molar-refractivity contribution is 5.77. The van der Waals surface area contributed by atoms with Crippen LogP contribution < -0.4 is 4.74 Å². The summed E-state index contributed by atoms with van der Waals surface area (Å²) >= 11 is 0. The minimum atomic E-state index is -2.33. The summed E-state index contributed by atoms with van der Waals surface area (Å²) in [6, 6.07) is 0. The molecule has 1 saturated heterocycles. The normalized spacial score (nSPS) is 15.2. The smallest absolute Gasteiger partial charge is 0.311 e. The SMILES string of the molecule is CC1CCN(C(=O)CCCC(=O)Oc2c(F)c(F)c(F)c(F)c2F)CC1. The van der Waals surface area contributed by atoms with E-state index in [1.54, 1.807) is 4.90 Å². The Morgan fingerprint density at radius 3 is 1.96 bits per heavy atom. The highest BCUT2D eigenvalue weighted by Crippen LogP contribution is 2.29. The van der Waals surface area contributed by atoms with Gasteiger partial charge < -0.3 is 9.64 Å². The summed E-state index contributed by atoms with van der Waals surface area (Å²) in [6.45, 7) is 3.36. The van der Waals surface area contributed by atoms with Gasteiger partial charge in [-0.3, -0.25) is 9.59 Å². The van der Waals surface area contributed by atoms with E-state index in [1.165, 1.54) is 0 Å². The quantitative estimate of drug-likeness (QED) is 0.258. The van der Waals surface area contributed by atoms with Gasteiger partial charge in [0.15, 0.2) is 0 Å². The summed E-state index contributed by atoms with van der Waals surface area (Å²) in [5, 5.41) is 0. The predicted octanol–water partition coefficient (Wildman–Crippen LogP) is 3.72. The maximum atomic E-state index is 13.4. The third-order valence-electron chi connectivity index (χ3n) is 4.29. The maximum absolute atomic E-state index is 13.4. The second kappa shape index (κ2) is 8.46. The molecular formula is C17H18F5NO3. The van der Waals surface area contributed by atoms with Crippen LogP contribution in [0, 0.1) is 35.0 Å². The molecule has 1 fully saturated rings. The number of carbonyl (C=O) groups excluding carboxylic acids is 2. The van der Waals surface area contributed by atoms with Crippen molar-refractivity contribution in [3.63, 3.8) is 0 Å². The molecule has 0 bridgehead atoms. The highest BCUT2D eigenvalue weighted by Gasteiger charge is 2.28. The molecule has 0 atom stereocenters. The van der Waals surface area contributed by atoms with Crippen molar-refractivity contribution in [1.29, 1.82) is 0 Å². The third kappa shape index (κ3) is 4.50. The summed E-state index contributed by atoms with van der Waals surface area (Å²) < 4.78 is 70.1. The fourth-order valence-electron chi connectivity index (χ4n) is 2.64. The van der Waals surface area contributed by atoms with Gasteiger partial charge in [-0.1, -0.05) is 6.92 Å². The van der Waals surface area contributed by atoms with E-state index >= 15 is 0 Å². The molecule has 1 aliphatic heterocycles. The van der Waals surface area contributed by atoms with Crippen LogP contribution in [0.1, 0.15) is 39.0 Å². The van der Waals surface area contributed by atoms with E-state index in [4.69, 9.17) is 0 Å². The summed E-state index contributed by atoms with van der Waals surface area (Å²) in [4.78, 5) is 25.3. The van der Waals surface area contributed by atoms with Crippen molar-refractivity contribution >= 4 is 11.9 Å². The summed E-state index contributed by atoms with van der Waals surface area (Å²) in [5.41, 5.74) is 0. The number of nitrogens with zero attached hydrogens (tertiary/aromatic N) is 1. The van der Waals surface area contributed by atoms with Crippen LogP contribution in [0.5, 0.6) is 5.75 Å². The molecule has 1 amide bonds. The second-order valence-electron chi connectivity index (χ2n) is 6.29. The first-order valence-electron chi connectivity index (χ1n) is 8.22. The van der Waals surface area contributed by atoms with Gasteiger partial charge in [-0.05, 0) is 25.2 Å². The Labute approximate surface area is 146 Å². The average molecular weight is 379 g/mol. The van der Waals surface area contributed by atoms with Gasteiger partial charge in [0.05, 0.1) is 0 Å². The lowest BCUT2D eigenvalue weighted by Crippen LogP contribution is -2.37. The maximum Gasteiger partial charge on any atom is 0.311 e. The lowest BCUT2D eigenvalue weighted by atomic mass is 9.99.